The number of rotatable bonds is 2. The van der Waals surface area contributed by atoms with Crippen LogP contribution in [0.2, 0.25) is 0 Å². The lowest BCUT2D eigenvalue weighted by atomic mass is 10.1. The number of ether oxygens (including phenoxy) is 1. The Balaban J connectivity index is 2.29. The molecule has 1 aliphatic rings. The zero-order valence-electron chi connectivity index (χ0n) is 9.56. The number of nitrogens with one attached hydrogen (secondary N) is 1. The quantitative estimate of drug-likeness (QED) is 0.732. The minimum atomic E-state index is -0.368. The lowest BCUT2D eigenvalue weighted by molar-refractivity contribution is 0.0581. The average molecular weight is 224 g/mol. The van der Waals surface area contributed by atoms with Crippen LogP contribution in [0, 0.1) is 6.92 Å². The molecule has 0 amide bonds. The second-order valence-electron chi connectivity index (χ2n) is 3.96. The predicted molar refractivity (Wildman–Crippen MR) is 57.2 cm³/mol. The molecular weight excluding hydrogens is 208 g/mol. The molecule has 1 aromatic heterocycles. The number of hydrogen-bond acceptors (Lipinski definition) is 5. The van der Waals surface area contributed by atoms with Crippen LogP contribution < -0.4 is 5.32 Å². The van der Waals surface area contributed by atoms with Crippen LogP contribution in [0.4, 0.5) is 0 Å². The average Bonchev–Trinajstić information content (AvgIpc) is 2.71. The van der Waals surface area contributed by atoms with Crippen LogP contribution in [0.3, 0.4) is 0 Å². The third-order valence-electron chi connectivity index (χ3n) is 2.86. The molecule has 0 aromatic carbocycles. The van der Waals surface area contributed by atoms with Crippen LogP contribution >= 0.6 is 0 Å². The van der Waals surface area contributed by atoms with E-state index in [1.165, 1.54) is 7.11 Å². The van der Waals surface area contributed by atoms with Crippen molar-refractivity contribution in [2.24, 2.45) is 0 Å². The third kappa shape index (κ3) is 1.92. The number of carbonyl (C=O) groups is 1. The van der Waals surface area contributed by atoms with Gasteiger partial charge in [-0.2, -0.15) is 0 Å². The maximum atomic E-state index is 11.6. The molecule has 6 nitrogen and oxygen atoms in total. The lowest BCUT2D eigenvalue weighted by Crippen LogP contribution is -2.33. The van der Waals surface area contributed by atoms with Gasteiger partial charge in [-0.1, -0.05) is 5.21 Å². The zero-order chi connectivity index (χ0) is 11.5. The highest BCUT2D eigenvalue weighted by atomic mass is 16.5. The van der Waals surface area contributed by atoms with E-state index in [2.05, 4.69) is 15.6 Å². The van der Waals surface area contributed by atoms with Crippen LogP contribution in [-0.4, -0.2) is 41.2 Å². The molecule has 6 heteroatoms. The molecule has 0 bridgehead atoms. The highest BCUT2D eigenvalue weighted by Gasteiger charge is 2.24. The number of piperidine rings is 1. The fourth-order valence-electron chi connectivity index (χ4n) is 2.01. The summed E-state index contributed by atoms with van der Waals surface area (Å²) in [6, 6.07) is 0.198. The van der Waals surface area contributed by atoms with Crippen LogP contribution in [-0.2, 0) is 4.74 Å². The van der Waals surface area contributed by atoms with Crippen LogP contribution in [0.25, 0.3) is 0 Å². The molecule has 1 aliphatic heterocycles. The molecule has 16 heavy (non-hydrogen) atoms. The number of aromatic nitrogens is 3. The van der Waals surface area contributed by atoms with E-state index in [0.717, 1.165) is 25.9 Å². The Labute approximate surface area is 94.0 Å². The monoisotopic (exact) mass is 224 g/mol. The van der Waals surface area contributed by atoms with E-state index in [9.17, 15) is 4.79 Å². The van der Waals surface area contributed by atoms with Gasteiger partial charge in [0.2, 0.25) is 0 Å². The summed E-state index contributed by atoms with van der Waals surface area (Å²) in [4.78, 5) is 11.6. The molecule has 0 saturated carbocycles. The van der Waals surface area contributed by atoms with E-state index in [1.54, 1.807) is 11.6 Å². The summed E-state index contributed by atoms with van der Waals surface area (Å²) in [5.74, 6) is -0.368. The van der Waals surface area contributed by atoms with Crippen LogP contribution in [0.1, 0.15) is 35.1 Å². The summed E-state index contributed by atoms with van der Waals surface area (Å²) in [5.41, 5.74) is 1.09. The van der Waals surface area contributed by atoms with Crippen molar-refractivity contribution in [3.63, 3.8) is 0 Å². The maximum absolute atomic E-state index is 11.6. The molecule has 88 valence electrons. The normalized spacial score (nSPS) is 20.8. The molecule has 1 atom stereocenters. The Kier molecular flexibility index (Phi) is 3.19. The van der Waals surface area contributed by atoms with Gasteiger partial charge in [0.15, 0.2) is 5.69 Å². The van der Waals surface area contributed by atoms with Crippen molar-refractivity contribution in [1.82, 2.24) is 20.3 Å². The van der Waals surface area contributed by atoms with Gasteiger partial charge in [-0.3, -0.25) is 0 Å². The molecule has 0 aliphatic carbocycles. The van der Waals surface area contributed by atoms with Gasteiger partial charge in [0, 0.05) is 6.54 Å². The van der Waals surface area contributed by atoms with Gasteiger partial charge in [0.25, 0.3) is 0 Å². The van der Waals surface area contributed by atoms with Gasteiger partial charge in [0.05, 0.1) is 18.8 Å². The maximum Gasteiger partial charge on any atom is 0.358 e. The van der Waals surface area contributed by atoms with E-state index < -0.39 is 0 Å². The van der Waals surface area contributed by atoms with Crippen LogP contribution in [0.5, 0.6) is 0 Å². The first-order valence-electron chi connectivity index (χ1n) is 5.45. The number of aryl methyl sites for hydroxylation is 1. The Morgan fingerprint density at radius 1 is 1.62 bits per heavy atom. The third-order valence-corrected chi connectivity index (χ3v) is 2.86. The van der Waals surface area contributed by atoms with E-state index in [-0.39, 0.29) is 12.0 Å². The highest BCUT2D eigenvalue weighted by Crippen LogP contribution is 2.19. The first-order valence-corrected chi connectivity index (χ1v) is 5.45. The molecule has 2 heterocycles. The van der Waals surface area contributed by atoms with Crippen molar-refractivity contribution >= 4 is 5.97 Å². The molecule has 1 N–H and O–H groups in total. The van der Waals surface area contributed by atoms with E-state index in [4.69, 9.17) is 4.74 Å². The van der Waals surface area contributed by atoms with Crippen molar-refractivity contribution in [1.29, 1.82) is 0 Å². The summed E-state index contributed by atoms with van der Waals surface area (Å²) in [6.07, 6.45) is 2.10. The highest BCUT2D eigenvalue weighted by molar-refractivity contribution is 5.88. The van der Waals surface area contributed by atoms with Crippen LogP contribution in [0.15, 0.2) is 0 Å². The fourth-order valence-corrected chi connectivity index (χ4v) is 2.01. The van der Waals surface area contributed by atoms with E-state index in [1.807, 2.05) is 0 Å². The van der Waals surface area contributed by atoms with Crippen molar-refractivity contribution in [3.8, 4) is 0 Å². The number of hydrogen-bond donors (Lipinski definition) is 1. The summed E-state index contributed by atoms with van der Waals surface area (Å²) < 4.78 is 6.43. The van der Waals surface area contributed by atoms with Gasteiger partial charge in [-0.15, -0.1) is 5.10 Å². The van der Waals surface area contributed by atoms with Crippen molar-refractivity contribution in [2.45, 2.75) is 25.8 Å². The van der Waals surface area contributed by atoms with Gasteiger partial charge in [0.1, 0.15) is 0 Å². The summed E-state index contributed by atoms with van der Waals surface area (Å²) >= 11 is 0. The van der Waals surface area contributed by atoms with Crippen molar-refractivity contribution in [2.75, 3.05) is 20.2 Å². The summed E-state index contributed by atoms with van der Waals surface area (Å²) in [7, 11) is 1.37. The number of esters is 1. The Morgan fingerprint density at radius 2 is 2.44 bits per heavy atom. The number of carbonyl (C=O) groups excluding carboxylic acids is 1. The van der Waals surface area contributed by atoms with E-state index >= 15 is 0 Å². The second-order valence-corrected chi connectivity index (χ2v) is 3.96. The van der Waals surface area contributed by atoms with Gasteiger partial charge >= 0.3 is 5.97 Å². The Morgan fingerprint density at radius 3 is 3.06 bits per heavy atom. The predicted octanol–water partition coefficient (Wildman–Crippen LogP) is 0.298. The zero-order valence-corrected chi connectivity index (χ0v) is 9.56. The molecular formula is C10H16N4O2. The van der Waals surface area contributed by atoms with Gasteiger partial charge in [-0.25, -0.2) is 9.48 Å². The molecule has 2 rings (SSSR count). The Bertz CT molecular complexity index is 382. The largest absolute Gasteiger partial charge is 0.464 e. The van der Waals surface area contributed by atoms with Crippen molar-refractivity contribution < 1.29 is 9.53 Å². The topological polar surface area (TPSA) is 69.0 Å². The molecule has 0 spiro atoms. The molecule has 1 fully saturated rings. The minimum absolute atomic E-state index is 0.198. The standard InChI is InChI=1S/C10H16N4O2/c1-7-9(10(15)16-2)14(13-12-7)8-4-3-5-11-6-8/h8,11H,3-6H2,1-2H3. The van der Waals surface area contributed by atoms with E-state index in [0.29, 0.717) is 11.4 Å². The number of nitrogens with zero attached hydrogens (tertiary/aromatic N) is 3. The first-order chi connectivity index (χ1) is 7.74. The molecule has 1 unspecified atom stereocenters. The summed E-state index contributed by atoms with van der Waals surface area (Å²) in [5, 5.41) is 11.3. The van der Waals surface area contributed by atoms with Gasteiger partial charge < -0.3 is 10.1 Å². The first kappa shape index (κ1) is 11.1. The minimum Gasteiger partial charge on any atom is -0.464 e. The second kappa shape index (κ2) is 4.61. The fraction of sp³-hybridized carbons (Fsp3) is 0.700. The number of methoxy groups -OCH3 is 1. The van der Waals surface area contributed by atoms with Gasteiger partial charge in [-0.05, 0) is 26.3 Å². The molecule has 0 radical (unpaired) electrons. The summed E-state index contributed by atoms with van der Waals surface area (Å²) in [6.45, 7) is 3.62. The lowest BCUT2D eigenvalue weighted by Gasteiger charge is -2.23. The molecule has 1 saturated heterocycles. The SMILES string of the molecule is COC(=O)c1c(C)nnn1C1CCCNC1. The van der Waals surface area contributed by atoms with Crippen molar-refractivity contribution in [3.05, 3.63) is 11.4 Å². The smallest absolute Gasteiger partial charge is 0.358 e. The Hall–Kier alpha value is -1.43. The molecule has 1 aromatic rings.